The molecule has 0 saturated carbocycles. The fourth-order valence-corrected chi connectivity index (χ4v) is 1.97. The van der Waals surface area contributed by atoms with Crippen molar-refractivity contribution in [1.29, 1.82) is 0 Å². The Morgan fingerprint density at radius 2 is 1.82 bits per heavy atom. The fourth-order valence-electron chi connectivity index (χ4n) is 1.47. The third kappa shape index (κ3) is 4.98. The molecule has 17 heavy (non-hydrogen) atoms. The maximum absolute atomic E-state index is 12.0. The monoisotopic (exact) mass is 298 g/mol. The van der Waals surface area contributed by atoms with Gasteiger partial charge in [-0.3, -0.25) is 9.69 Å². The van der Waals surface area contributed by atoms with E-state index >= 15 is 0 Å². The summed E-state index contributed by atoms with van der Waals surface area (Å²) in [6.07, 6.45) is 0. The molecule has 94 valence electrons. The molecule has 0 aliphatic carbocycles. The third-order valence-corrected chi connectivity index (χ3v) is 3.21. The van der Waals surface area contributed by atoms with Crippen LogP contribution >= 0.6 is 15.9 Å². The molecule has 0 fully saturated rings. The summed E-state index contributed by atoms with van der Waals surface area (Å²) in [7, 11) is 6.03. The molecule has 0 aliphatic rings. The first-order chi connectivity index (χ1) is 8.00. The molecule has 1 aromatic rings. The number of carbonyl (C=O) groups excluding carboxylic acids is 1. The Morgan fingerprint density at radius 1 is 1.18 bits per heavy atom. The number of hydrogen-bond donors (Lipinski definition) is 0. The van der Waals surface area contributed by atoms with Gasteiger partial charge in [0.05, 0.1) is 6.54 Å². The Bertz CT molecular complexity index is 379. The van der Waals surface area contributed by atoms with E-state index in [0.29, 0.717) is 6.54 Å². The molecule has 0 radical (unpaired) electrons. The van der Waals surface area contributed by atoms with E-state index in [0.717, 1.165) is 23.1 Å². The highest BCUT2D eigenvalue weighted by Crippen LogP contribution is 2.16. The van der Waals surface area contributed by atoms with Crippen LogP contribution in [-0.4, -0.2) is 56.4 Å². The van der Waals surface area contributed by atoms with Crippen LogP contribution in [0, 0.1) is 0 Å². The second-order valence-corrected chi connectivity index (χ2v) is 5.30. The largest absolute Gasteiger partial charge is 0.308 e. The van der Waals surface area contributed by atoms with Crippen LogP contribution in [0.25, 0.3) is 0 Å². The topological polar surface area (TPSA) is 23.6 Å². The van der Waals surface area contributed by atoms with Gasteiger partial charge in [0.25, 0.3) is 0 Å². The van der Waals surface area contributed by atoms with Gasteiger partial charge >= 0.3 is 0 Å². The zero-order valence-electron chi connectivity index (χ0n) is 10.6. The standard InChI is InChI=1S/C13H19BrN2O/c1-15(2)8-9-16(3)10-13(17)11-6-4-5-7-12(11)14/h4-7H,8-10H2,1-3H3. The predicted octanol–water partition coefficient (Wildman–Crippen LogP) is 2.13. The average Bonchev–Trinajstić information content (AvgIpc) is 2.26. The van der Waals surface area contributed by atoms with Crippen LogP contribution in [0.5, 0.6) is 0 Å². The van der Waals surface area contributed by atoms with E-state index < -0.39 is 0 Å². The fraction of sp³-hybridized carbons (Fsp3) is 0.462. The minimum atomic E-state index is 0.152. The number of likely N-dealkylation sites (N-methyl/N-ethyl adjacent to an activating group) is 2. The smallest absolute Gasteiger partial charge is 0.177 e. The van der Waals surface area contributed by atoms with Gasteiger partial charge in [-0.1, -0.05) is 34.1 Å². The zero-order chi connectivity index (χ0) is 12.8. The molecule has 1 rings (SSSR count). The molecule has 0 atom stereocenters. The molecule has 0 unspecified atom stereocenters. The summed E-state index contributed by atoms with van der Waals surface area (Å²) in [5, 5.41) is 0. The lowest BCUT2D eigenvalue weighted by atomic mass is 10.1. The van der Waals surface area contributed by atoms with Crippen molar-refractivity contribution >= 4 is 21.7 Å². The number of Topliss-reactive ketones (excluding diaryl/α,β-unsaturated/α-hetero) is 1. The molecule has 0 saturated heterocycles. The van der Waals surface area contributed by atoms with Crippen LogP contribution in [0.4, 0.5) is 0 Å². The Kier molecular flexibility index (Phi) is 5.82. The van der Waals surface area contributed by atoms with Gasteiger partial charge < -0.3 is 4.90 Å². The molecular formula is C13H19BrN2O. The van der Waals surface area contributed by atoms with Crippen LogP contribution in [-0.2, 0) is 0 Å². The normalized spacial score (nSPS) is 11.2. The molecule has 3 nitrogen and oxygen atoms in total. The first kappa shape index (κ1) is 14.4. The maximum Gasteiger partial charge on any atom is 0.177 e. The molecular weight excluding hydrogens is 280 g/mol. The highest BCUT2D eigenvalue weighted by atomic mass is 79.9. The first-order valence-electron chi connectivity index (χ1n) is 5.61. The van der Waals surface area contributed by atoms with E-state index in [1.165, 1.54) is 0 Å². The molecule has 4 heteroatoms. The van der Waals surface area contributed by atoms with Gasteiger partial charge in [0, 0.05) is 23.1 Å². The van der Waals surface area contributed by atoms with Crippen molar-refractivity contribution in [3.05, 3.63) is 34.3 Å². The third-order valence-electron chi connectivity index (χ3n) is 2.52. The summed E-state index contributed by atoms with van der Waals surface area (Å²) < 4.78 is 0.867. The maximum atomic E-state index is 12.0. The van der Waals surface area contributed by atoms with Crippen LogP contribution < -0.4 is 0 Å². The van der Waals surface area contributed by atoms with Gasteiger partial charge in [0.2, 0.25) is 0 Å². The molecule has 0 amide bonds. The minimum Gasteiger partial charge on any atom is -0.308 e. The number of ketones is 1. The van der Waals surface area contributed by atoms with Crippen LogP contribution in [0.1, 0.15) is 10.4 Å². The molecule has 0 heterocycles. The summed E-state index contributed by atoms with van der Waals surface area (Å²) in [5.41, 5.74) is 0.754. The SMILES string of the molecule is CN(C)CCN(C)CC(=O)c1ccccc1Br. The van der Waals surface area contributed by atoms with E-state index in [9.17, 15) is 4.79 Å². The number of nitrogens with zero attached hydrogens (tertiary/aromatic N) is 2. The molecule has 0 N–H and O–H groups in total. The van der Waals surface area contributed by atoms with Gasteiger partial charge in [-0.05, 0) is 27.2 Å². The van der Waals surface area contributed by atoms with Gasteiger partial charge in [0.15, 0.2) is 5.78 Å². The Balaban J connectivity index is 2.52. The Hall–Kier alpha value is -0.710. The molecule has 0 spiro atoms. The lowest BCUT2D eigenvalue weighted by molar-refractivity contribution is 0.0942. The second kappa shape index (κ2) is 6.89. The summed E-state index contributed by atoms with van der Waals surface area (Å²) >= 11 is 3.40. The van der Waals surface area contributed by atoms with Crippen molar-refractivity contribution in [2.75, 3.05) is 40.8 Å². The van der Waals surface area contributed by atoms with Crippen molar-refractivity contribution in [3.63, 3.8) is 0 Å². The van der Waals surface area contributed by atoms with E-state index in [-0.39, 0.29) is 5.78 Å². The van der Waals surface area contributed by atoms with Crippen LogP contribution in [0.2, 0.25) is 0 Å². The lowest BCUT2D eigenvalue weighted by Crippen LogP contribution is -2.32. The average molecular weight is 299 g/mol. The summed E-state index contributed by atoms with van der Waals surface area (Å²) in [6.45, 7) is 2.30. The highest BCUT2D eigenvalue weighted by molar-refractivity contribution is 9.10. The number of benzene rings is 1. The van der Waals surface area contributed by atoms with Gasteiger partial charge in [-0.25, -0.2) is 0 Å². The summed E-state index contributed by atoms with van der Waals surface area (Å²) in [5.74, 6) is 0.152. The lowest BCUT2D eigenvalue weighted by Gasteiger charge is -2.18. The van der Waals surface area contributed by atoms with Crippen LogP contribution in [0.3, 0.4) is 0 Å². The number of halogens is 1. The van der Waals surface area contributed by atoms with Crippen molar-refractivity contribution in [3.8, 4) is 0 Å². The molecule has 0 aliphatic heterocycles. The molecule has 0 aromatic heterocycles. The summed E-state index contributed by atoms with van der Waals surface area (Å²) in [6, 6.07) is 7.55. The Labute approximate surface area is 112 Å². The van der Waals surface area contributed by atoms with Crippen molar-refractivity contribution in [2.45, 2.75) is 0 Å². The molecule has 0 bridgehead atoms. The van der Waals surface area contributed by atoms with E-state index in [4.69, 9.17) is 0 Å². The number of carbonyl (C=O) groups is 1. The van der Waals surface area contributed by atoms with Gasteiger partial charge in [-0.2, -0.15) is 0 Å². The van der Waals surface area contributed by atoms with Crippen LogP contribution in [0.15, 0.2) is 28.7 Å². The highest BCUT2D eigenvalue weighted by Gasteiger charge is 2.11. The number of rotatable bonds is 6. The minimum absolute atomic E-state index is 0.152. The first-order valence-corrected chi connectivity index (χ1v) is 6.41. The number of hydrogen-bond acceptors (Lipinski definition) is 3. The van der Waals surface area contributed by atoms with Gasteiger partial charge in [-0.15, -0.1) is 0 Å². The molecule has 1 aromatic carbocycles. The quantitative estimate of drug-likeness (QED) is 0.752. The van der Waals surface area contributed by atoms with Crippen molar-refractivity contribution < 1.29 is 4.79 Å². The zero-order valence-corrected chi connectivity index (χ0v) is 12.2. The van der Waals surface area contributed by atoms with Crippen molar-refractivity contribution in [1.82, 2.24) is 9.80 Å². The van der Waals surface area contributed by atoms with E-state index in [2.05, 4.69) is 20.8 Å². The van der Waals surface area contributed by atoms with Gasteiger partial charge in [0.1, 0.15) is 0 Å². The van der Waals surface area contributed by atoms with Crippen molar-refractivity contribution in [2.24, 2.45) is 0 Å². The van der Waals surface area contributed by atoms with E-state index in [1.807, 2.05) is 50.3 Å². The Morgan fingerprint density at radius 3 is 2.41 bits per heavy atom. The summed E-state index contributed by atoms with van der Waals surface area (Å²) in [4.78, 5) is 16.2. The second-order valence-electron chi connectivity index (χ2n) is 4.44. The van der Waals surface area contributed by atoms with E-state index in [1.54, 1.807) is 0 Å². The predicted molar refractivity (Wildman–Crippen MR) is 74.5 cm³/mol.